The van der Waals surface area contributed by atoms with Crippen LogP contribution in [0.1, 0.15) is 60.5 Å². The lowest BCUT2D eigenvalue weighted by atomic mass is 9.63. The van der Waals surface area contributed by atoms with Crippen LogP contribution in [0.25, 0.3) is 10.8 Å². The maximum atomic E-state index is 13.5. The first-order chi connectivity index (χ1) is 11.6. The second kappa shape index (κ2) is 4.81. The number of benzene rings is 2. The van der Waals surface area contributed by atoms with E-state index in [0.29, 0.717) is 23.5 Å². The molecule has 1 heteroatoms. The maximum absolute atomic E-state index is 13.5. The molecule has 1 saturated carbocycles. The molecule has 0 radical (unpaired) electrons. The van der Waals surface area contributed by atoms with Gasteiger partial charge in [-0.15, -0.1) is 0 Å². The molecule has 2 aromatic rings. The first-order valence-electron chi connectivity index (χ1n) is 9.37. The highest BCUT2D eigenvalue weighted by Crippen LogP contribution is 2.57. The highest BCUT2D eigenvalue weighted by molar-refractivity contribution is 6.07. The standard InChI is InChI=1S/C23H24O/c1-14(2)19-5-3-4-16-11-17-8-9-23(13-15-6-7-18(23)10-15)22(24)21(17)12-20(16)19/h3-7,11-12,14-15,18H,8-10,13H2,1-2H3. The Kier molecular flexibility index (Phi) is 2.90. The fourth-order valence-electron chi connectivity index (χ4n) is 5.56. The number of hydrogen-bond acceptors (Lipinski definition) is 1. The molecule has 0 aromatic heterocycles. The molecule has 1 nitrogen and oxygen atoms in total. The van der Waals surface area contributed by atoms with Gasteiger partial charge >= 0.3 is 0 Å². The van der Waals surface area contributed by atoms with Gasteiger partial charge in [0.15, 0.2) is 5.78 Å². The summed E-state index contributed by atoms with van der Waals surface area (Å²) in [5.74, 6) is 2.04. The molecule has 0 saturated heterocycles. The van der Waals surface area contributed by atoms with E-state index in [1.165, 1.54) is 28.3 Å². The molecule has 0 heterocycles. The Morgan fingerprint density at radius 3 is 2.75 bits per heavy atom. The van der Waals surface area contributed by atoms with Crippen molar-refractivity contribution in [2.45, 2.75) is 45.4 Å². The zero-order valence-corrected chi connectivity index (χ0v) is 14.5. The van der Waals surface area contributed by atoms with Gasteiger partial charge in [-0.1, -0.05) is 50.3 Å². The fraction of sp³-hybridized carbons (Fsp3) is 0.435. The molecule has 0 aliphatic heterocycles. The van der Waals surface area contributed by atoms with E-state index in [4.69, 9.17) is 0 Å². The third-order valence-corrected chi connectivity index (χ3v) is 6.81. The van der Waals surface area contributed by atoms with E-state index >= 15 is 0 Å². The average Bonchev–Trinajstić information content (AvgIpc) is 3.18. The van der Waals surface area contributed by atoms with E-state index < -0.39 is 0 Å². The summed E-state index contributed by atoms with van der Waals surface area (Å²) in [7, 11) is 0. The second-order valence-electron chi connectivity index (χ2n) is 8.41. The van der Waals surface area contributed by atoms with Crippen molar-refractivity contribution < 1.29 is 4.79 Å². The van der Waals surface area contributed by atoms with Gasteiger partial charge in [0, 0.05) is 11.0 Å². The molecule has 3 atom stereocenters. The van der Waals surface area contributed by atoms with Crippen LogP contribution in [0.4, 0.5) is 0 Å². The molecular weight excluding hydrogens is 292 g/mol. The quantitative estimate of drug-likeness (QED) is 0.619. The Morgan fingerprint density at radius 1 is 1.17 bits per heavy atom. The van der Waals surface area contributed by atoms with Crippen molar-refractivity contribution in [3.63, 3.8) is 0 Å². The van der Waals surface area contributed by atoms with E-state index in [-0.39, 0.29) is 5.41 Å². The molecule has 1 spiro atoms. The summed E-state index contributed by atoms with van der Waals surface area (Å²) in [6.45, 7) is 4.47. The van der Waals surface area contributed by atoms with Crippen LogP contribution in [-0.2, 0) is 6.42 Å². The van der Waals surface area contributed by atoms with Crippen LogP contribution in [0, 0.1) is 17.3 Å². The van der Waals surface area contributed by atoms with Gasteiger partial charge in [-0.2, -0.15) is 0 Å². The van der Waals surface area contributed by atoms with Crippen molar-refractivity contribution in [2.75, 3.05) is 0 Å². The molecule has 0 amide bonds. The number of rotatable bonds is 1. The molecule has 0 N–H and O–H groups in total. The number of ketones is 1. The van der Waals surface area contributed by atoms with Gasteiger partial charge < -0.3 is 0 Å². The lowest BCUT2D eigenvalue weighted by molar-refractivity contribution is 0.0703. The number of allylic oxidation sites excluding steroid dienone is 2. The van der Waals surface area contributed by atoms with E-state index in [2.05, 4.69) is 56.3 Å². The van der Waals surface area contributed by atoms with Crippen molar-refractivity contribution in [1.29, 1.82) is 0 Å². The molecule has 1 fully saturated rings. The Morgan fingerprint density at radius 2 is 2.04 bits per heavy atom. The van der Waals surface area contributed by atoms with E-state index in [9.17, 15) is 4.79 Å². The predicted molar refractivity (Wildman–Crippen MR) is 98.5 cm³/mol. The van der Waals surface area contributed by atoms with Gasteiger partial charge in [-0.25, -0.2) is 0 Å². The molecule has 2 aromatic carbocycles. The molecule has 122 valence electrons. The minimum atomic E-state index is -0.0904. The normalized spacial score (nSPS) is 30.7. The summed E-state index contributed by atoms with van der Waals surface area (Å²) in [5, 5.41) is 2.56. The van der Waals surface area contributed by atoms with Gasteiger partial charge in [-0.3, -0.25) is 4.79 Å². The molecule has 2 bridgehead atoms. The van der Waals surface area contributed by atoms with Gasteiger partial charge in [0.1, 0.15) is 0 Å². The molecule has 3 aliphatic rings. The summed E-state index contributed by atoms with van der Waals surface area (Å²) in [5.41, 5.74) is 3.55. The lowest BCUT2D eigenvalue weighted by Crippen LogP contribution is -2.39. The minimum absolute atomic E-state index is 0.0904. The number of carbonyl (C=O) groups excluding carboxylic acids is 1. The van der Waals surface area contributed by atoms with Crippen LogP contribution in [-0.4, -0.2) is 5.78 Å². The Hall–Kier alpha value is -1.89. The van der Waals surface area contributed by atoms with Crippen LogP contribution >= 0.6 is 0 Å². The van der Waals surface area contributed by atoms with Crippen molar-refractivity contribution >= 4 is 16.6 Å². The molecule has 5 rings (SSSR count). The van der Waals surface area contributed by atoms with E-state index in [1.54, 1.807) is 0 Å². The Balaban J connectivity index is 1.69. The summed E-state index contributed by atoms with van der Waals surface area (Å²) in [4.78, 5) is 13.5. The average molecular weight is 316 g/mol. The fourth-order valence-corrected chi connectivity index (χ4v) is 5.56. The summed E-state index contributed by atoms with van der Waals surface area (Å²) in [6.07, 6.45) is 9.05. The predicted octanol–water partition coefficient (Wildman–Crippen LogP) is 5.67. The first-order valence-corrected chi connectivity index (χ1v) is 9.37. The number of Topliss-reactive ketones (excluding diaryl/α,β-unsaturated/α-hetero) is 1. The number of fused-ring (bicyclic) bond motifs is 5. The molecule has 3 aliphatic carbocycles. The van der Waals surface area contributed by atoms with Crippen LogP contribution in [0.15, 0.2) is 42.5 Å². The zero-order valence-electron chi connectivity index (χ0n) is 14.5. The van der Waals surface area contributed by atoms with Crippen molar-refractivity contribution in [3.05, 3.63) is 59.2 Å². The third-order valence-electron chi connectivity index (χ3n) is 6.81. The Labute approximate surface area is 143 Å². The highest BCUT2D eigenvalue weighted by Gasteiger charge is 2.54. The number of hydrogen-bond donors (Lipinski definition) is 0. The second-order valence-corrected chi connectivity index (χ2v) is 8.41. The lowest BCUT2D eigenvalue weighted by Gasteiger charge is -2.38. The minimum Gasteiger partial charge on any atom is -0.294 e. The van der Waals surface area contributed by atoms with Crippen LogP contribution < -0.4 is 0 Å². The van der Waals surface area contributed by atoms with Crippen molar-refractivity contribution in [2.24, 2.45) is 17.3 Å². The summed E-state index contributed by atoms with van der Waals surface area (Å²) < 4.78 is 0. The smallest absolute Gasteiger partial charge is 0.169 e. The Bertz CT molecular complexity index is 888. The van der Waals surface area contributed by atoms with Crippen molar-refractivity contribution in [3.8, 4) is 0 Å². The van der Waals surface area contributed by atoms with Gasteiger partial charge in [0.05, 0.1) is 0 Å². The maximum Gasteiger partial charge on any atom is 0.169 e. The van der Waals surface area contributed by atoms with Crippen LogP contribution in [0.2, 0.25) is 0 Å². The van der Waals surface area contributed by atoms with Gasteiger partial charge in [0.2, 0.25) is 0 Å². The van der Waals surface area contributed by atoms with Crippen LogP contribution in [0.3, 0.4) is 0 Å². The monoisotopic (exact) mass is 316 g/mol. The number of carbonyl (C=O) groups is 1. The van der Waals surface area contributed by atoms with Gasteiger partial charge in [0.25, 0.3) is 0 Å². The number of aryl methyl sites for hydroxylation is 1. The third kappa shape index (κ3) is 1.79. The van der Waals surface area contributed by atoms with Crippen LogP contribution in [0.5, 0.6) is 0 Å². The highest BCUT2D eigenvalue weighted by atomic mass is 16.1. The van der Waals surface area contributed by atoms with Gasteiger partial charge in [-0.05, 0) is 71.4 Å². The summed E-state index contributed by atoms with van der Waals surface area (Å²) >= 11 is 0. The van der Waals surface area contributed by atoms with Crippen molar-refractivity contribution in [1.82, 2.24) is 0 Å². The zero-order chi connectivity index (χ0) is 16.5. The molecule has 3 unspecified atom stereocenters. The topological polar surface area (TPSA) is 17.1 Å². The summed E-state index contributed by atoms with van der Waals surface area (Å²) in [6, 6.07) is 11.1. The largest absolute Gasteiger partial charge is 0.294 e. The SMILES string of the molecule is CC(C)c1cccc2cc3c(cc12)C(=O)C1(CC3)CC2C=CC1C2. The molecular formula is C23H24O. The first kappa shape index (κ1) is 14.5. The molecule has 24 heavy (non-hydrogen) atoms. The van der Waals surface area contributed by atoms with E-state index in [1.807, 2.05) is 0 Å². The van der Waals surface area contributed by atoms with E-state index in [0.717, 1.165) is 24.8 Å².